The first-order valence-electron chi connectivity index (χ1n) is 9.29. The Morgan fingerprint density at radius 1 is 1.37 bits per heavy atom. The molecule has 1 aromatic rings. The van der Waals surface area contributed by atoms with Crippen LogP contribution >= 0.6 is 11.3 Å². The summed E-state index contributed by atoms with van der Waals surface area (Å²) in [5, 5.41) is 15.2. The molecule has 8 nitrogen and oxygen atoms in total. The average Bonchev–Trinajstić information content (AvgIpc) is 2.91. The number of thiazole rings is 1. The number of likely N-dealkylation sites (tertiary alicyclic amines) is 1. The maximum atomic E-state index is 12.4. The number of hydrogen-bond donors (Lipinski definition) is 3. The van der Waals surface area contributed by atoms with E-state index in [2.05, 4.69) is 15.6 Å². The van der Waals surface area contributed by atoms with Gasteiger partial charge in [0.15, 0.2) is 5.13 Å². The minimum Gasteiger partial charge on any atom is -0.480 e. The van der Waals surface area contributed by atoms with Gasteiger partial charge in [0.2, 0.25) is 11.8 Å². The van der Waals surface area contributed by atoms with Crippen molar-refractivity contribution in [2.45, 2.75) is 52.5 Å². The molecule has 1 saturated heterocycles. The highest BCUT2D eigenvalue weighted by molar-refractivity contribution is 7.15. The number of aromatic nitrogens is 1. The van der Waals surface area contributed by atoms with Gasteiger partial charge in [-0.15, -0.1) is 11.3 Å². The summed E-state index contributed by atoms with van der Waals surface area (Å²) in [6.07, 6.45) is 2.59. The molecule has 0 saturated carbocycles. The van der Waals surface area contributed by atoms with Crippen molar-refractivity contribution >= 4 is 34.3 Å². The minimum absolute atomic E-state index is 0.154. The predicted molar refractivity (Wildman–Crippen MR) is 104 cm³/mol. The first kappa shape index (κ1) is 21.3. The molecule has 2 rings (SSSR count). The van der Waals surface area contributed by atoms with Crippen LogP contribution in [0.5, 0.6) is 0 Å². The molecule has 1 aliphatic heterocycles. The van der Waals surface area contributed by atoms with Crippen LogP contribution in [0.1, 0.15) is 43.2 Å². The number of aliphatic carboxylic acids is 1. The molecule has 1 aliphatic rings. The van der Waals surface area contributed by atoms with Gasteiger partial charge < -0.3 is 15.7 Å². The van der Waals surface area contributed by atoms with Gasteiger partial charge in [0.05, 0.1) is 18.2 Å². The summed E-state index contributed by atoms with van der Waals surface area (Å²) < 4.78 is 0. The highest BCUT2D eigenvalue weighted by atomic mass is 32.1. The van der Waals surface area contributed by atoms with E-state index in [-0.39, 0.29) is 24.3 Å². The van der Waals surface area contributed by atoms with Crippen molar-refractivity contribution in [1.29, 1.82) is 0 Å². The fourth-order valence-electron chi connectivity index (χ4n) is 3.14. The van der Waals surface area contributed by atoms with Crippen LogP contribution in [0, 0.1) is 19.8 Å². The zero-order chi connectivity index (χ0) is 20.0. The molecule has 0 aliphatic carbocycles. The van der Waals surface area contributed by atoms with Crippen molar-refractivity contribution in [1.82, 2.24) is 15.2 Å². The lowest BCUT2D eigenvalue weighted by Gasteiger charge is -2.31. The van der Waals surface area contributed by atoms with Crippen molar-refractivity contribution < 1.29 is 19.5 Å². The van der Waals surface area contributed by atoms with Crippen LogP contribution in [-0.4, -0.2) is 58.5 Å². The van der Waals surface area contributed by atoms with Gasteiger partial charge in [-0.25, -0.2) is 9.78 Å². The second-order valence-corrected chi connectivity index (χ2v) is 8.17. The Labute approximate surface area is 163 Å². The smallest absolute Gasteiger partial charge is 0.326 e. The summed E-state index contributed by atoms with van der Waals surface area (Å²) in [5.41, 5.74) is 0.907. The van der Waals surface area contributed by atoms with Crippen LogP contribution in [0.25, 0.3) is 0 Å². The molecule has 0 aromatic carbocycles. The van der Waals surface area contributed by atoms with Gasteiger partial charge in [0.1, 0.15) is 6.04 Å². The van der Waals surface area contributed by atoms with Gasteiger partial charge in [-0.05, 0) is 39.7 Å². The lowest BCUT2D eigenvalue weighted by molar-refractivity contribution is -0.143. The molecule has 2 heterocycles. The maximum absolute atomic E-state index is 12.4. The second-order valence-electron chi connectivity index (χ2n) is 6.97. The number of carbonyl (C=O) groups is 3. The number of nitrogens with zero attached hydrogens (tertiary/aromatic N) is 2. The summed E-state index contributed by atoms with van der Waals surface area (Å²) in [6, 6.07) is -0.849. The lowest BCUT2D eigenvalue weighted by Crippen LogP contribution is -2.49. The van der Waals surface area contributed by atoms with Crippen molar-refractivity contribution in [2.24, 2.45) is 5.92 Å². The number of piperidine rings is 1. The number of amides is 2. The zero-order valence-corrected chi connectivity index (χ0v) is 16.9. The Kier molecular flexibility index (Phi) is 7.73. The van der Waals surface area contributed by atoms with Crippen LogP contribution in [-0.2, 0) is 14.4 Å². The number of anilines is 1. The van der Waals surface area contributed by atoms with Crippen LogP contribution in [0.2, 0.25) is 0 Å². The average molecular weight is 397 g/mol. The number of carboxylic acid groups (broad SMARTS) is 1. The molecular formula is C18H28N4O4S. The third kappa shape index (κ3) is 6.28. The van der Waals surface area contributed by atoms with Crippen LogP contribution in [0.15, 0.2) is 0 Å². The first-order chi connectivity index (χ1) is 12.8. The lowest BCUT2D eigenvalue weighted by atomic mass is 9.96. The largest absolute Gasteiger partial charge is 0.480 e. The van der Waals surface area contributed by atoms with E-state index < -0.39 is 12.0 Å². The van der Waals surface area contributed by atoms with E-state index >= 15 is 0 Å². The molecule has 0 bridgehead atoms. The molecule has 0 radical (unpaired) electrons. The highest BCUT2D eigenvalue weighted by Gasteiger charge is 2.29. The zero-order valence-electron chi connectivity index (χ0n) is 16.1. The standard InChI is InChI=1S/C18H28N4O4S/c1-4-6-14(17(25)26)20-16(24)13-7-5-8-22(9-13)10-15(23)21-18-19-11(2)12(3)27-18/h13-14H,4-10H2,1-3H3,(H,20,24)(H,25,26)(H,19,21,23). The van der Waals surface area contributed by atoms with E-state index in [9.17, 15) is 19.5 Å². The topological polar surface area (TPSA) is 112 Å². The molecule has 27 heavy (non-hydrogen) atoms. The summed E-state index contributed by atoms with van der Waals surface area (Å²) >= 11 is 1.44. The molecule has 2 unspecified atom stereocenters. The van der Waals surface area contributed by atoms with Crippen molar-refractivity contribution in [3.8, 4) is 0 Å². The van der Waals surface area contributed by atoms with E-state index in [1.54, 1.807) is 0 Å². The molecule has 2 amide bonds. The van der Waals surface area contributed by atoms with Gasteiger partial charge in [-0.1, -0.05) is 13.3 Å². The van der Waals surface area contributed by atoms with Gasteiger partial charge in [0.25, 0.3) is 0 Å². The number of carboxylic acids is 1. The number of hydrogen-bond acceptors (Lipinski definition) is 6. The van der Waals surface area contributed by atoms with E-state index in [0.29, 0.717) is 30.9 Å². The summed E-state index contributed by atoms with van der Waals surface area (Å²) in [5.74, 6) is -1.70. The molecule has 1 fully saturated rings. The SMILES string of the molecule is CCCC(NC(=O)C1CCCN(CC(=O)Nc2nc(C)c(C)s2)C1)C(=O)O. The van der Waals surface area contributed by atoms with Crippen LogP contribution < -0.4 is 10.6 Å². The monoisotopic (exact) mass is 396 g/mol. The minimum atomic E-state index is -1.01. The molecule has 1 aromatic heterocycles. The Bertz CT molecular complexity index is 671. The Morgan fingerprint density at radius 3 is 2.70 bits per heavy atom. The van der Waals surface area contributed by atoms with E-state index in [0.717, 1.165) is 23.5 Å². The van der Waals surface area contributed by atoms with Gasteiger partial charge in [-0.3, -0.25) is 14.5 Å². The number of aryl methyl sites for hydroxylation is 2. The summed E-state index contributed by atoms with van der Waals surface area (Å²) in [6.45, 7) is 7.13. The van der Waals surface area contributed by atoms with Crippen molar-refractivity contribution in [3.63, 3.8) is 0 Å². The Morgan fingerprint density at radius 2 is 2.11 bits per heavy atom. The van der Waals surface area contributed by atoms with Gasteiger partial charge in [0, 0.05) is 11.4 Å². The normalized spacial score (nSPS) is 18.7. The summed E-state index contributed by atoms with van der Waals surface area (Å²) in [4.78, 5) is 43.2. The third-order valence-corrected chi connectivity index (χ3v) is 5.70. The van der Waals surface area contributed by atoms with Gasteiger partial charge in [-0.2, -0.15) is 0 Å². The molecule has 3 N–H and O–H groups in total. The fourth-order valence-corrected chi connectivity index (χ4v) is 3.97. The van der Waals surface area contributed by atoms with Crippen LogP contribution in [0.3, 0.4) is 0 Å². The highest BCUT2D eigenvalue weighted by Crippen LogP contribution is 2.21. The molecule has 2 atom stereocenters. The van der Waals surface area contributed by atoms with Gasteiger partial charge >= 0.3 is 5.97 Å². The molecule has 0 spiro atoms. The Balaban J connectivity index is 1.86. The van der Waals surface area contributed by atoms with E-state index in [1.807, 2.05) is 25.7 Å². The van der Waals surface area contributed by atoms with Crippen LogP contribution in [0.4, 0.5) is 5.13 Å². The van der Waals surface area contributed by atoms with Crippen molar-refractivity contribution in [3.05, 3.63) is 10.6 Å². The molecule has 9 heteroatoms. The van der Waals surface area contributed by atoms with E-state index in [1.165, 1.54) is 11.3 Å². The third-order valence-electron chi connectivity index (χ3n) is 4.71. The van der Waals surface area contributed by atoms with Crippen molar-refractivity contribution in [2.75, 3.05) is 25.0 Å². The van der Waals surface area contributed by atoms with E-state index in [4.69, 9.17) is 0 Å². The number of nitrogens with one attached hydrogen (secondary N) is 2. The Hall–Kier alpha value is -2.00. The quantitative estimate of drug-likeness (QED) is 0.618. The number of carbonyl (C=O) groups excluding carboxylic acids is 2. The first-order valence-corrected chi connectivity index (χ1v) is 10.1. The number of rotatable bonds is 8. The summed E-state index contributed by atoms with van der Waals surface area (Å²) in [7, 11) is 0. The fraction of sp³-hybridized carbons (Fsp3) is 0.667. The maximum Gasteiger partial charge on any atom is 0.326 e. The predicted octanol–water partition coefficient (Wildman–Crippen LogP) is 1.78. The second kappa shape index (κ2) is 9.80. The molecule has 150 valence electrons. The molecular weight excluding hydrogens is 368 g/mol.